The summed E-state index contributed by atoms with van der Waals surface area (Å²) in [5.74, 6) is 0.362. The van der Waals surface area contributed by atoms with Crippen LogP contribution in [0.4, 0.5) is 16.2 Å². The number of hydrogen-bond donors (Lipinski definition) is 1. The summed E-state index contributed by atoms with van der Waals surface area (Å²) >= 11 is 0. The summed E-state index contributed by atoms with van der Waals surface area (Å²) in [6, 6.07) is 24.0. The van der Waals surface area contributed by atoms with Gasteiger partial charge in [-0.05, 0) is 55.5 Å². The first-order valence-corrected chi connectivity index (χ1v) is 11.1. The summed E-state index contributed by atoms with van der Waals surface area (Å²) in [5, 5.41) is 7.63. The lowest BCUT2D eigenvalue weighted by Gasteiger charge is -2.17. The molecule has 1 aromatic heterocycles. The molecule has 0 spiro atoms. The summed E-state index contributed by atoms with van der Waals surface area (Å²) in [4.78, 5) is 26.7. The Labute approximate surface area is 203 Å². The molecule has 1 N–H and O–H groups in total. The Morgan fingerprint density at radius 3 is 2.43 bits per heavy atom. The number of carbonyl (C=O) groups excluding carboxylic acids is 2. The highest BCUT2D eigenvalue weighted by Crippen LogP contribution is 2.28. The molecule has 4 aromatic rings. The SMILES string of the molecule is CCOC(=O)N(C)c1ccc(NC(=O)c2cn(-c3ccccc3)nc2-c2cccc(OC)c2)cc1. The van der Waals surface area contributed by atoms with Crippen molar-refractivity contribution in [1.82, 2.24) is 9.78 Å². The molecule has 0 saturated carbocycles. The Morgan fingerprint density at radius 1 is 1.00 bits per heavy atom. The Balaban J connectivity index is 1.63. The number of ether oxygens (including phenoxy) is 2. The van der Waals surface area contributed by atoms with Crippen molar-refractivity contribution in [1.29, 1.82) is 0 Å². The topological polar surface area (TPSA) is 85.7 Å². The predicted molar refractivity (Wildman–Crippen MR) is 135 cm³/mol. The molecule has 178 valence electrons. The molecule has 0 atom stereocenters. The summed E-state index contributed by atoms with van der Waals surface area (Å²) in [6.07, 6.45) is 1.27. The van der Waals surface area contributed by atoms with Crippen molar-refractivity contribution in [2.45, 2.75) is 6.92 Å². The van der Waals surface area contributed by atoms with Crippen molar-refractivity contribution in [2.24, 2.45) is 0 Å². The number of nitrogens with zero attached hydrogens (tertiary/aromatic N) is 3. The molecule has 0 aliphatic heterocycles. The van der Waals surface area contributed by atoms with Crippen molar-refractivity contribution in [3.05, 3.63) is 90.6 Å². The average molecular weight is 471 g/mol. The van der Waals surface area contributed by atoms with E-state index in [1.165, 1.54) is 4.90 Å². The van der Waals surface area contributed by atoms with Gasteiger partial charge < -0.3 is 14.8 Å². The number of hydrogen-bond acceptors (Lipinski definition) is 5. The van der Waals surface area contributed by atoms with Gasteiger partial charge in [-0.1, -0.05) is 30.3 Å². The first-order valence-electron chi connectivity index (χ1n) is 11.1. The second-order valence-corrected chi connectivity index (χ2v) is 7.66. The lowest BCUT2D eigenvalue weighted by atomic mass is 10.1. The first kappa shape index (κ1) is 23.6. The predicted octanol–water partition coefficient (Wildman–Crippen LogP) is 5.39. The van der Waals surface area contributed by atoms with E-state index in [4.69, 9.17) is 14.6 Å². The van der Waals surface area contributed by atoms with Crippen LogP contribution in [0.25, 0.3) is 16.9 Å². The summed E-state index contributed by atoms with van der Waals surface area (Å²) in [7, 11) is 3.22. The van der Waals surface area contributed by atoms with Crippen molar-refractivity contribution < 1.29 is 19.1 Å². The standard InChI is InChI=1S/C27H26N4O4/c1-4-35-27(33)30(2)21-15-13-20(14-16-21)28-26(32)24-18-31(22-10-6-5-7-11-22)29-25(24)19-9-8-12-23(17-19)34-3/h5-18H,4H2,1-3H3,(H,28,32). The van der Waals surface area contributed by atoms with Gasteiger partial charge in [0.1, 0.15) is 11.4 Å². The Kier molecular flexibility index (Phi) is 7.11. The largest absolute Gasteiger partial charge is 0.497 e. The molecule has 0 bridgehead atoms. The quantitative estimate of drug-likeness (QED) is 0.391. The van der Waals surface area contributed by atoms with E-state index in [0.29, 0.717) is 35.0 Å². The minimum atomic E-state index is -0.444. The summed E-state index contributed by atoms with van der Waals surface area (Å²) in [6.45, 7) is 2.05. The van der Waals surface area contributed by atoms with Gasteiger partial charge in [0.15, 0.2) is 0 Å². The van der Waals surface area contributed by atoms with Crippen molar-refractivity contribution >= 4 is 23.4 Å². The second-order valence-electron chi connectivity index (χ2n) is 7.66. The molecule has 0 unspecified atom stereocenters. The van der Waals surface area contributed by atoms with Gasteiger partial charge in [-0.2, -0.15) is 5.10 Å². The van der Waals surface area contributed by atoms with Crippen LogP contribution in [-0.4, -0.2) is 42.5 Å². The molecule has 35 heavy (non-hydrogen) atoms. The molecule has 0 fully saturated rings. The highest BCUT2D eigenvalue weighted by Gasteiger charge is 2.20. The highest BCUT2D eigenvalue weighted by atomic mass is 16.6. The van der Waals surface area contributed by atoms with Crippen LogP contribution in [-0.2, 0) is 4.74 Å². The second kappa shape index (κ2) is 10.6. The molecule has 8 nitrogen and oxygen atoms in total. The van der Waals surface area contributed by atoms with Crippen LogP contribution in [0.5, 0.6) is 5.75 Å². The zero-order valence-corrected chi connectivity index (χ0v) is 19.8. The molecule has 1 heterocycles. The van der Waals surface area contributed by atoms with Gasteiger partial charge in [-0.3, -0.25) is 9.69 Å². The van der Waals surface area contributed by atoms with Gasteiger partial charge >= 0.3 is 6.09 Å². The van der Waals surface area contributed by atoms with Crippen LogP contribution >= 0.6 is 0 Å². The van der Waals surface area contributed by atoms with E-state index in [1.807, 2.05) is 54.6 Å². The Hall–Kier alpha value is -4.59. The van der Waals surface area contributed by atoms with E-state index in [9.17, 15) is 9.59 Å². The molecule has 0 saturated heterocycles. The third-order valence-corrected chi connectivity index (χ3v) is 5.38. The third-order valence-electron chi connectivity index (χ3n) is 5.38. The fourth-order valence-electron chi connectivity index (χ4n) is 3.53. The summed E-state index contributed by atoms with van der Waals surface area (Å²) in [5.41, 5.74) is 3.77. The van der Waals surface area contributed by atoms with E-state index in [-0.39, 0.29) is 5.91 Å². The molecular formula is C27H26N4O4. The molecule has 4 rings (SSSR count). The first-order chi connectivity index (χ1) is 17.0. The van der Waals surface area contributed by atoms with Crippen LogP contribution in [0.15, 0.2) is 85.1 Å². The van der Waals surface area contributed by atoms with Crippen LogP contribution < -0.4 is 15.0 Å². The van der Waals surface area contributed by atoms with Crippen molar-refractivity contribution in [2.75, 3.05) is 31.0 Å². The molecule has 8 heteroatoms. The number of methoxy groups -OCH3 is 1. The number of para-hydroxylation sites is 1. The number of anilines is 2. The third kappa shape index (κ3) is 5.33. The van der Waals surface area contributed by atoms with Gasteiger partial charge in [0.25, 0.3) is 5.91 Å². The van der Waals surface area contributed by atoms with Crippen LogP contribution in [0.3, 0.4) is 0 Å². The van der Waals surface area contributed by atoms with Crippen molar-refractivity contribution in [3.8, 4) is 22.7 Å². The number of rotatable bonds is 7. The van der Waals surface area contributed by atoms with Gasteiger partial charge in [0.05, 0.1) is 25.0 Å². The van der Waals surface area contributed by atoms with Gasteiger partial charge in [0.2, 0.25) is 0 Å². The minimum Gasteiger partial charge on any atom is -0.497 e. The minimum absolute atomic E-state index is 0.295. The molecule has 0 radical (unpaired) electrons. The maximum absolute atomic E-state index is 13.3. The van der Waals surface area contributed by atoms with Crippen LogP contribution in [0.1, 0.15) is 17.3 Å². The van der Waals surface area contributed by atoms with E-state index >= 15 is 0 Å². The van der Waals surface area contributed by atoms with Gasteiger partial charge in [-0.15, -0.1) is 0 Å². The molecule has 3 aromatic carbocycles. The maximum atomic E-state index is 13.3. The maximum Gasteiger partial charge on any atom is 0.413 e. The zero-order chi connectivity index (χ0) is 24.8. The molecule has 0 aliphatic rings. The normalized spacial score (nSPS) is 10.5. The highest BCUT2D eigenvalue weighted by molar-refractivity contribution is 6.08. The number of carbonyl (C=O) groups is 2. The van der Waals surface area contributed by atoms with Crippen LogP contribution in [0, 0.1) is 0 Å². The number of nitrogens with one attached hydrogen (secondary N) is 1. The van der Waals surface area contributed by atoms with E-state index in [2.05, 4.69) is 5.32 Å². The van der Waals surface area contributed by atoms with Crippen LogP contribution in [0.2, 0.25) is 0 Å². The zero-order valence-electron chi connectivity index (χ0n) is 19.8. The van der Waals surface area contributed by atoms with E-state index < -0.39 is 6.09 Å². The Bertz CT molecular complexity index is 1320. The molecular weight excluding hydrogens is 444 g/mol. The Morgan fingerprint density at radius 2 is 1.74 bits per heavy atom. The average Bonchev–Trinajstić information content (AvgIpc) is 3.35. The smallest absolute Gasteiger partial charge is 0.413 e. The number of benzene rings is 3. The summed E-state index contributed by atoms with van der Waals surface area (Å²) < 4.78 is 12.1. The molecule has 2 amide bonds. The lowest BCUT2D eigenvalue weighted by Crippen LogP contribution is -2.26. The number of aromatic nitrogens is 2. The lowest BCUT2D eigenvalue weighted by molar-refractivity contribution is 0.102. The molecule has 0 aliphatic carbocycles. The van der Waals surface area contributed by atoms with Gasteiger partial charge in [0, 0.05) is 30.2 Å². The van der Waals surface area contributed by atoms with Gasteiger partial charge in [-0.25, -0.2) is 9.48 Å². The fraction of sp³-hybridized carbons (Fsp3) is 0.148. The van der Waals surface area contributed by atoms with E-state index in [0.717, 1.165) is 11.3 Å². The monoisotopic (exact) mass is 470 g/mol. The van der Waals surface area contributed by atoms with Crippen molar-refractivity contribution in [3.63, 3.8) is 0 Å². The number of amides is 2. The fourth-order valence-corrected chi connectivity index (χ4v) is 3.53. The van der Waals surface area contributed by atoms with E-state index in [1.54, 1.807) is 56.2 Å².